The largest absolute Gasteiger partial charge is 0.497 e. The van der Waals surface area contributed by atoms with E-state index in [2.05, 4.69) is 28.8 Å². The Labute approximate surface area is 185 Å². The molecule has 0 unspecified atom stereocenters. The Morgan fingerprint density at radius 1 is 1.00 bits per heavy atom. The van der Waals surface area contributed by atoms with Crippen molar-refractivity contribution in [2.75, 3.05) is 20.2 Å². The average molecular weight is 425 g/mol. The van der Waals surface area contributed by atoms with Gasteiger partial charge in [-0.2, -0.15) is 0 Å². The van der Waals surface area contributed by atoms with Crippen LogP contribution < -0.4 is 20.3 Å². The van der Waals surface area contributed by atoms with Crippen LogP contribution in [0.2, 0.25) is 0 Å². The molecule has 0 saturated carbocycles. The van der Waals surface area contributed by atoms with E-state index >= 15 is 0 Å². The van der Waals surface area contributed by atoms with Crippen molar-refractivity contribution in [3.8, 4) is 5.75 Å². The lowest BCUT2D eigenvalue weighted by Gasteiger charge is -2.22. The maximum atomic E-state index is 12.9. The lowest BCUT2D eigenvalue weighted by atomic mass is 10.0. The summed E-state index contributed by atoms with van der Waals surface area (Å²) >= 11 is 0. The van der Waals surface area contributed by atoms with Gasteiger partial charge < -0.3 is 20.3 Å². The molecule has 1 heterocycles. The average Bonchev–Trinajstić information content (AvgIpc) is 3.29. The minimum Gasteiger partial charge on any atom is -0.497 e. The van der Waals surface area contributed by atoms with E-state index in [0.29, 0.717) is 17.9 Å². The number of carbonyl (C=O) groups is 2. The maximum absolute atomic E-state index is 12.9. The van der Waals surface area contributed by atoms with Crippen LogP contribution in [-0.2, 0) is 17.9 Å². The van der Waals surface area contributed by atoms with E-state index in [4.69, 9.17) is 4.74 Å². The number of quaternary nitrogens is 1. The second-order valence-electron chi connectivity index (χ2n) is 8.54. The first kappa shape index (κ1) is 22.8. The quantitative estimate of drug-likeness (QED) is 0.576. The maximum Gasteiger partial charge on any atom is 0.251 e. The predicted molar refractivity (Wildman–Crippen MR) is 121 cm³/mol. The van der Waals surface area contributed by atoms with E-state index in [0.717, 1.165) is 12.1 Å². The lowest BCUT2D eigenvalue weighted by Crippen LogP contribution is -3.08. The third-order valence-electron chi connectivity index (χ3n) is 5.91. The fourth-order valence-corrected chi connectivity index (χ4v) is 4.02. The van der Waals surface area contributed by atoms with Crippen LogP contribution in [-0.4, -0.2) is 38.1 Å². The SMILES string of the molecule is COc1ccc(C(=O)N[C@H](C(=O)NCc2ccccc2C[NH+]2CCCC2)C(C)C)cc1. The molecule has 0 aliphatic carbocycles. The van der Waals surface area contributed by atoms with E-state index in [1.807, 2.05) is 19.9 Å². The Morgan fingerprint density at radius 3 is 2.26 bits per heavy atom. The molecule has 1 aliphatic heterocycles. The van der Waals surface area contributed by atoms with Gasteiger partial charge >= 0.3 is 0 Å². The van der Waals surface area contributed by atoms with Crippen LogP contribution in [0.1, 0.15) is 48.2 Å². The van der Waals surface area contributed by atoms with Crippen molar-refractivity contribution in [2.45, 2.75) is 45.8 Å². The molecule has 1 saturated heterocycles. The Balaban J connectivity index is 1.61. The molecule has 6 nitrogen and oxygen atoms in total. The molecule has 0 spiro atoms. The van der Waals surface area contributed by atoms with Crippen LogP contribution in [0.3, 0.4) is 0 Å². The van der Waals surface area contributed by atoms with Crippen molar-refractivity contribution in [3.63, 3.8) is 0 Å². The van der Waals surface area contributed by atoms with E-state index in [-0.39, 0.29) is 17.7 Å². The van der Waals surface area contributed by atoms with Gasteiger partial charge in [0.25, 0.3) is 5.91 Å². The minimum atomic E-state index is -0.606. The van der Waals surface area contributed by atoms with Gasteiger partial charge in [-0.15, -0.1) is 0 Å². The van der Waals surface area contributed by atoms with Gasteiger partial charge in [-0.05, 0) is 35.7 Å². The number of rotatable bonds is 9. The summed E-state index contributed by atoms with van der Waals surface area (Å²) in [6.07, 6.45) is 2.58. The molecular formula is C25H34N3O3+. The Bertz CT molecular complexity index is 874. The minimum absolute atomic E-state index is 0.0357. The van der Waals surface area contributed by atoms with Gasteiger partial charge in [0, 0.05) is 30.5 Å². The first-order valence-corrected chi connectivity index (χ1v) is 11.1. The van der Waals surface area contributed by atoms with E-state index in [9.17, 15) is 9.59 Å². The third-order valence-corrected chi connectivity index (χ3v) is 5.91. The lowest BCUT2D eigenvalue weighted by molar-refractivity contribution is -0.901. The number of nitrogens with one attached hydrogen (secondary N) is 3. The summed E-state index contributed by atoms with van der Waals surface area (Å²) in [6.45, 7) is 7.76. The zero-order chi connectivity index (χ0) is 22.2. The van der Waals surface area contributed by atoms with Crippen molar-refractivity contribution < 1.29 is 19.2 Å². The Kier molecular flexibility index (Phi) is 8.06. The summed E-state index contributed by atoms with van der Waals surface area (Å²) in [4.78, 5) is 27.2. The van der Waals surface area contributed by atoms with Gasteiger partial charge in [0.2, 0.25) is 5.91 Å². The van der Waals surface area contributed by atoms with Crippen LogP contribution >= 0.6 is 0 Å². The highest BCUT2D eigenvalue weighted by Gasteiger charge is 2.25. The van der Waals surface area contributed by atoms with Gasteiger partial charge in [0.15, 0.2) is 0 Å². The Hall–Kier alpha value is -2.86. The van der Waals surface area contributed by atoms with E-state index in [1.54, 1.807) is 36.3 Å². The van der Waals surface area contributed by atoms with E-state index in [1.165, 1.54) is 31.5 Å². The molecule has 0 aromatic heterocycles. The number of amides is 2. The van der Waals surface area contributed by atoms with Crippen LogP contribution in [0.4, 0.5) is 0 Å². The normalized spacial score (nSPS) is 15.0. The summed E-state index contributed by atoms with van der Waals surface area (Å²) in [5.41, 5.74) is 2.92. The van der Waals surface area contributed by atoms with Crippen molar-refractivity contribution >= 4 is 11.8 Å². The number of benzene rings is 2. The smallest absolute Gasteiger partial charge is 0.251 e. The fraction of sp³-hybridized carbons (Fsp3) is 0.440. The fourth-order valence-electron chi connectivity index (χ4n) is 4.02. The molecule has 166 valence electrons. The second-order valence-corrected chi connectivity index (χ2v) is 8.54. The number of ether oxygens (including phenoxy) is 1. The summed E-state index contributed by atoms with van der Waals surface area (Å²) in [5, 5.41) is 5.92. The molecule has 0 bridgehead atoms. The molecule has 1 atom stereocenters. The van der Waals surface area contributed by atoms with Gasteiger partial charge in [0.1, 0.15) is 18.3 Å². The molecule has 2 aromatic rings. The monoisotopic (exact) mass is 424 g/mol. The third kappa shape index (κ3) is 6.31. The van der Waals surface area contributed by atoms with Crippen LogP contribution in [0.25, 0.3) is 0 Å². The molecule has 1 aliphatic rings. The number of carbonyl (C=O) groups excluding carboxylic acids is 2. The topological polar surface area (TPSA) is 71.9 Å². The van der Waals surface area contributed by atoms with Gasteiger partial charge in [-0.3, -0.25) is 9.59 Å². The standard InChI is InChI=1S/C25H33N3O3/c1-18(2)23(27-24(29)19-10-12-22(31-3)13-11-19)25(30)26-16-20-8-4-5-9-21(20)17-28-14-6-7-15-28/h4-5,8-13,18,23H,6-7,14-17H2,1-3H3,(H,26,30)(H,27,29)/p+1/t23-/m0/s1. The van der Waals surface area contributed by atoms with Crippen molar-refractivity contribution in [3.05, 3.63) is 65.2 Å². The summed E-state index contributed by atoms with van der Waals surface area (Å²) < 4.78 is 5.13. The number of likely N-dealkylation sites (tertiary alicyclic amines) is 1. The zero-order valence-electron chi connectivity index (χ0n) is 18.7. The highest BCUT2D eigenvalue weighted by molar-refractivity contribution is 5.97. The molecule has 1 fully saturated rings. The molecule has 2 aromatic carbocycles. The Morgan fingerprint density at radius 2 is 1.65 bits per heavy atom. The van der Waals surface area contributed by atoms with Crippen molar-refractivity contribution in [2.24, 2.45) is 5.92 Å². The van der Waals surface area contributed by atoms with Crippen molar-refractivity contribution in [1.29, 1.82) is 0 Å². The number of methoxy groups -OCH3 is 1. The molecule has 31 heavy (non-hydrogen) atoms. The van der Waals surface area contributed by atoms with Crippen LogP contribution in [0.15, 0.2) is 48.5 Å². The molecule has 3 rings (SSSR count). The van der Waals surface area contributed by atoms with Gasteiger partial charge in [-0.25, -0.2) is 0 Å². The summed E-state index contributed by atoms with van der Waals surface area (Å²) in [7, 11) is 1.58. The molecule has 6 heteroatoms. The van der Waals surface area contributed by atoms with Crippen LogP contribution in [0, 0.1) is 5.92 Å². The summed E-state index contributed by atoms with van der Waals surface area (Å²) in [5.74, 6) is 0.213. The second kappa shape index (κ2) is 11.0. The predicted octanol–water partition coefficient (Wildman–Crippen LogP) is 1.94. The van der Waals surface area contributed by atoms with Crippen LogP contribution in [0.5, 0.6) is 5.75 Å². The molecule has 0 radical (unpaired) electrons. The first-order valence-electron chi connectivity index (χ1n) is 11.1. The van der Waals surface area contributed by atoms with E-state index < -0.39 is 6.04 Å². The zero-order valence-corrected chi connectivity index (χ0v) is 18.7. The molecule has 2 amide bonds. The van der Waals surface area contributed by atoms with Gasteiger partial charge in [-0.1, -0.05) is 38.1 Å². The summed E-state index contributed by atoms with van der Waals surface area (Å²) in [6, 6.07) is 14.5. The van der Waals surface area contributed by atoms with Crippen molar-refractivity contribution in [1.82, 2.24) is 10.6 Å². The number of hydrogen-bond acceptors (Lipinski definition) is 3. The highest BCUT2D eigenvalue weighted by Crippen LogP contribution is 2.13. The first-order chi connectivity index (χ1) is 15.0. The van der Waals surface area contributed by atoms with Gasteiger partial charge in [0.05, 0.1) is 20.2 Å². The molecular weight excluding hydrogens is 390 g/mol. The number of hydrogen-bond donors (Lipinski definition) is 3. The highest BCUT2D eigenvalue weighted by atomic mass is 16.5. The molecule has 3 N–H and O–H groups in total.